The molecule has 0 radical (unpaired) electrons. The van der Waals surface area contributed by atoms with E-state index >= 15 is 0 Å². The summed E-state index contributed by atoms with van der Waals surface area (Å²) in [6, 6.07) is 4.73. The number of hydrogen-bond donors (Lipinski definition) is 3. The highest BCUT2D eigenvalue weighted by Gasteiger charge is 2.44. The summed E-state index contributed by atoms with van der Waals surface area (Å²) in [6.45, 7) is 7.48. The summed E-state index contributed by atoms with van der Waals surface area (Å²) in [6.07, 6.45) is 1.20. The number of aliphatic hydroxyl groups is 1. The molecule has 0 saturated heterocycles. The van der Waals surface area contributed by atoms with E-state index in [1.165, 1.54) is 18.2 Å². The molecule has 2 aromatic rings. The first-order valence-electron chi connectivity index (χ1n) is 9.43. The molecule has 1 aliphatic carbocycles. The van der Waals surface area contributed by atoms with Gasteiger partial charge in [0.1, 0.15) is 10.0 Å². The van der Waals surface area contributed by atoms with Crippen molar-refractivity contribution in [2.45, 2.75) is 62.2 Å². The van der Waals surface area contributed by atoms with Crippen molar-refractivity contribution in [2.24, 2.45) is 0 Å². The Balaban J connectivity index is 1.84. The van der Waals surface area contributed by atoms with Gasteiger partial charge < -0.3 is 10.4 Å². The summed E-state index contributed by atoms with van der Waals surface area (Å²) in [5, 5.41) is 12.7. The Kier molecular flexibility index (Phi) is 5.77. The number of nitrogens with one attached hydrogen (secondary N) is 2. The van der Waals surface area contributed by atoms with Gasteiger partial charge in [-0.15, -0.1) is 11.3 Å². The fraction of sp³-hybridized carbons (Fsp3) is 0.450. The minimum atomic E-state index is -4.09. The van der Waals surface area contributed by atoms with Crippen LogP contribution in [0.4, 0.5) is 14.9 Å². The Labute approximate surface area is 174 Å². The van der Waals surface area contributed by atoms with Crippen LogP contribution in [0.1, 0.15) is 68.4 Å². The molecule has 1 aromatic heterocycles. The molecule has 1 saturated carbocycles. The van der Waals surface area contributed by atoms with Gasteiger partial charge in [0.25, 0.3) is 10.0 Å². The Morgan fingerprint density at radius 3 is 2.17 bits per heavy atom. The summed E-state index contributed by atoms with van der Waals surface area (Å²) >= 11 is 0.946. The van der Waals surface area contributed by atoms with E-state index in [2.05, 4.69) is 5.32 Å². The smallest absolute Gasteiger partial charge is 0.333 e. The molecule has 29 heavy (non-hydrogen) atoms. The predicted molar refractivity (Wildman–Crippen MR) is 111 cm³/mol. The Bertz CT molecular complexity index is 1010. The van der Waals surface area contributed by atoms with Crippen molar-refractivity contribution >= 4 is 33.1 Å². The van der Waals surface area contributed by atoms with E-state index in [9.17, 15) is 22.7 Å². The molecule has 158 valence electrons. The second-order valence-corrected chi connectivity index (χ2v) is 11.0. The van der Waals surface area contributed by atoms with Crippen molar-refractivity contribution in [3.8, 4) is 0 Å². The first kappa shape index (κ1) is 21.7. The van der Waals surface area contributed by atoms with Gasteiger partial charge in [-0.05, 0) is 60.1 Å². The molecule has 2 amide bonds. The molecule has 1 aromatic carbocycles. The van der Waals surface area contributed by atoms with Crippen molar-refractivity contribution < 1.29 is 22.7 Å². The lowest BCUT2D eigenvalue weighted by molar-refractivity contribution is 0.155. The number of rotatable bonds is 6. The zero-order chi connectivity index (χ0) is 21.6. The fourth-order valence-corrected chi connectivity index (χ4v) is 5.45. The lowest BCUT2D eigenvalue weighted by Gasteiger charge is -2.20. The normalized spacial score (nSPS) is 15.6. The van der Waals surface area contributed by atoms with Crippen molar-refractivity contribution in [3.63, 3.8) is 0 Å². The zero-order valence-electron chi connectivity index (χ0n) is 16.7. The van der Waals surface area contributed by atoms with Crippen LogP contribution in [0.15, 0.2) is 28.5 Å². The molecule has 9 heteroatoms. The van der Waals surface area contributed by atoms with E-state index in [0.717, 1.165) is 11.3 Å². The standard InChI is InChI=1S/C20H25FN2O4S2/c1-11(2)14-9-13(21)10-15(12(3)4)18(14)22-19(24)23-29(26,27)17-6-5-16(28-17)20(25)7-8-20/h5-6,9-12,25H,7-8H2,1-4H3,(H2,22,23,24). The van der Waals surface area contributed by atoms with Crippen LogP contribution in [0.5, 0.6) is 0 Å². The fourth-order valence-electron chi connectivity index (χ4n) is 3.10. The van der Waals surface area contributed by atoms with Gasteiger partial charge in [0, 0.05) is 10.6 Å². The van der Waals surface area contributed by atoms with E-state index in [1.807, 2.05) is 32.4 Å². The van der Waals surface area contributed by atoms with Gasteiger partial charge in [-0.1, -0.05) is 27.7 Å². The molecular formula is C20H25FN2O4S2. The molecule has 1 aliphatic rings. The number of thiophene rings is 1. The molecule has 3 N–H and O–H groups in total. The third-order valence-electron chi connectivity index (χ3n) is 4.90. The number of benzene rings is 1. The van der Waals surface area contributed by atoms with Crippen LogP contribution in [-0.4, -0.2) is 19.6 Å². The van der Waals surface area contributed by atoms with E-state index < -0.39 is 27.5 Å². The first-order chi connectivity index (χ1) is 13.4. The zero-order valence-corrected chi connectivity index (χ0v) is 18.4. The minimum absolute atomic E-state index is 0.0461. The van der Waals surface area contributed by atoms with Crippen LogP contribution < -0.4 is 10.0 Å². The average Bonchev–Trinajstić information content (AvgIpc) is 3.15. The van der Waals surface area contributed by atoms with Crippen LogP contribution in [0, 0.1) is 5.82 Å². The molecule has 0 atom stereocenters. The summed E-state index contributed by atoms with van der Waals surface area (Å²) < 4.78 is 41.1. The molecule has 1 heterocycles. The largest absolute Gasteiger partial charge is 0.384 e. The number of halogens is 1. The van der Waals surface area contributed by atoms with Crippen LogP contribution in [-0.2, 0) is 15.6 Å². The summed E-state index contributed by atoms with van der Waals surface area (Å²) in [4.78, 5) is 13.1. The molecule has 0 bridgehead atoms. The van der Waals surface area contributed by atoms with Gasteiger partial charge in [-0.3, -0.25) is 0 Å². The van der Waals surface area contributed by atoms with Crippen molar-refractivity contribution in [3.05, 3.63) is 46.1 Å². The maximum absolute atomic E-state index is 14.0. The summed E-state index contributed by atoms with van der Waals surface area (Å²) in [5.74, 6) is -0.552. The van der Waals surface area contributed by atoms with Gasteiger partial charge in [-0.2, -0.15) is 0 Å². The van der Waals surface area contributed by atoms with Gasteiger partial charge in [-0.25, -0.2) is 22.3 Å². The molecule has 0 aliphatic heterocycles. The number of amides is 2. The average molecular weight is 441 g/mol. The lowest BCUT2D eigenvalue weighted by atomic mass is 9.92. The summed E-state index contributed by atoms with van der Waals surface area (Å²) in [5.41, 5.74) is 0.669. The van der Waals surface area contributed by atoms with Gasteiger partial charge in [0.05, 0.1) is 5.60 Å². The third kappa shape index (κ3) is 4.62. The molecule has 0 unspecified atom stereocenters. The van der Waals surface area contributed by atoms with Gasteiger partial charge in [0.15, 0.2) is 0 Å². The molecular weight excluding hydrogens is 415 g/mol. The SMILES string of the molecule is CC(C)c1cc(F)cc(C(C)C)c1NC(=O)NS(=O)(=O)c1ccc(C2(O)CC2)s1. The Morgan fingerprint density at radius 2 is 1.69 bits per heavy atom. The first-order valence-corrected chi connectivity index (χ1v) is 11.7. The monoisotopic (exact) mass is 440 g/mol. The topological polar surface area (TPSA) is 95.5 Å². The number of anilines is 1. The van der Waals surface area contributed by atoms with Crippen LogP contribution in [0.2, 0.25) is 0 Å². The molecule has 3 rings (SSSR count). The van der Waals surface area contributed by atoms with Crippen LogP contribution >= 0.6 is 11.3 Å². The number of carbonyl (C=O) groups excluding carboxylic acids is 1. The number of hydrogen-bond acceptors (Lipinski definition) is 5. The lowest BCUT2D eigenvalue weighted by Crippen LogP contribution is -2.34. The van der Waals surface area contributed by atoms with Crippen LogP contribution in [0.25, 0.3) is 0 Å². The maximum Gasteiger partial charge on any atom is 0.333 e. The van der Waals surface area contributed by atoms with Crippen LogP contribution in [0.3, 0.4) is 0 Å². The van der Waals surface area contributed by atoms with Crippen molar-refractivity contribution in [2.75, 3.05) is 5.32 Å². The molecule has 0 spiro atoms. The minimum Gasteiger partial charge on any atom is -0.384 e. The highest BCUT2D eigenvalue weighted by molar-refractivity contribution is 7.92. The Hall–Kier alpha value is -1.97. The molecule has 1 fully saturated rings. The quantitative estimate of drug-likeness (QED) is 0.610. The highest BCUT2D eigenvalue weighted by Crippen LogP contribution is 2.48. The van der Waals surface area contributed by atoms with Gasteiger partial charge in [0.2, 0.25) is 0 Å². The summed E-state index contributed by atoms with van der Waals surface area (Å²) in [7, 11) is -4.09. The van der Waals surface area contributed by atoms with Gasteiger partial charge >= 0.3 is 6.03 Å². The van der Waals surface area contributed by atoms with Crippen molar-refractivity contribution in [1.82, 2.24) is 4.72 Å². The van der Waals surface area contributed by atoms with Crippen molar-refractivity contribution in [1.29, 1.82) is 0 Å². The third-order valence-corrected chi connectivity index (χ3v) is 8.00. The Morgan fingerprint density at radius 1 is 1.14 bits per heavy atom. The maximum atomic E-state index is 14.0. The van der Waals surface area contributed by atoms with E-state index in [-0.39, 0.29) is 16.0 Å². The van der Waals surface area contributed by atoms with E-state index in [1.54, 1.807) is 6.07 Å². The van der Waals surface area contributed by atoms with E-state index in [0.29, 0.717) is 34.5 Å². The second kappa shape index (κ2) is 7.70. The molecule has 6 nitrogen and oxygen atoms in total. The number of urea groups is 1. The highest BCUT2D eigenvalue weighted by atomic mass is 32.2. The van der Waals surface area contributed by atoms with E-state index in [4.69, 9.17) is 0 Å². The predicted octanol–water partition coefficient (Wildman–Crippen LogP) is 4.63. The second-order valence-electron chi connectivity index (χ2n) is 7.98. The number of sulfonamides is 1. The number of carbonyl (C=O) groups is 1.